The molecule has 0 aliphatic rings. The second kappa shape index (κ2) is 7.16. The molecule has 0 spiro atoms. The molecule has 0 aliphatic heterocycles. The summed E-state index contributed by atoms with van der Waals surface area (Å²) in [6.07, 6.45) is -4.96. The second-order valence-corrected chi connectivity index (χ2v) is 4.73. The highest BCUT2D eigenvalue weighted by molar-refractivity contribution is 5.92. The molecular formula is C15H11F3N2O5. The number of benzene rings is 1. The normalized spacial score (nSPS) is 11.0. The molecule has 0 atom stereocenters. The molecule has 0 aliphatic carbocycles. The van der Waals surface area contributed by atoms with E-state index in [-0.39, 0.29) is 12.7 Å². The van der Waals surface area contributed by atoms with Crippen LogP contribution in [-0.2, 0) is 17.5 Å². The highest BCUT2D eigenvalue weighted by Gasteiger charge is 2.40. The van der Waals surface area contributed by atoms with Gasteiger partial charge in [-0.3, -0.25) is 10.1 Å². The van der Waals surface area contributed by atoms with E-state index in [9.17, 15) is 28.1 Å². The number of rotatable bonds is 5. The number of esters is 1. The van der Waals surface area contributed by atoms with Gasteiger partial charge in [0.25, 0.3) is 0 Å². The first-order valence-corrected chi connectivity index (χ1v) is 6.75. The predicted octanol–water partition coefficient (Wildman–Crippen LogP) is 3.37. The molecule has 2 rings (SSSR count). The summed E-state index contributed by atoms with van der Waals surface area (Å²) >= 11 is 0. The van der Waals surface area contributed by atoms with Gasteiger partial charge >= 0.3 is 17.8 Å². The van der Waals surface area contributed by atoms with Gasteiger partial charge in [-0.1, -0.05) is 30.3 Å². The summed E-state index contributed by atoms with van der Waals surface area (Å²) in [5.41, 5.74) is -2.90. The molecule has 0 saturated carbocycles. The number of halogens is 3. The fourth-order valence-electron chi connectivity index (χ4n) is 1.91. The van der Waals surface area contributed by atoms with Crippen LogP contribution < -0.4 is 4.74 Å². The minimum absolute atomic E-state index is 0.208. The first-order valence-electron chi connectivity index (χ1n) is 6.75. The molecule has 1 aromatic carbocycles. The van der Waals surface area contributed by atoms with Crippen LogP contribution in [-0.4, -0.2) is 23.0 Å². The predicted molar refractivity (Wildman–Crippen MR) is 78.0 cm³/mol. The van der Waals surface area contributed by atoms with E-state index in [2.05, 4.69) is 9.72 Å². The standard InChI is InChI=1S/C15H11F3N2O5/c1-24-14(21)12-11(20(22)23)7-10(15(16,17)18)13(19-12)25-8-9-5-3-2-4-6-9/h2-7H,8H2,1H3. The van der Waals surface area contributed by atoms with Gasteiger partial charge in [0, 0.05) is 6.07 Å². The third-order valence-electron chi connectivity index (χ3n) is 3.07. The van der Waals surface area contributed by atoms with Crippen molar-refractivity contribution >= 4 is 11.7 Å². The van der Waals surface area contributed by atoms with Crippen molar-refractivity contribution in [3.05, 3.63) is 63.3 Å². The van der Waals surface area contributed by atoms with Gasteiger partial charge in [-0.25, -0.2) is 4.79 Å². The number of hydrogen-bond acceptors (Lipinski definition) is 6. The molecule has 25 heavy (non-hydrogen) atoms. The fourth-order valence-corrected chi connectivity index (χ4v) is 1.91. The van der Waals surface area contributed by atoms with Crippen LogP contribution in [0.1, 0.15) is 21.6 Å². The Morgan fingerprint density at radius 3 is 2.44 bits per heavy atom. The van der Waals surface area contributed by atoms with Crippen molar-refractivity contribution in [1.82, 2.24) is 4.98 Å². The molecule has 0 bridgehead atoms. The van der Waals surface area contributed by atoms with Crippen LogP contribution in [0, 0.1) is 10.1 Å². The molecule has 0 saturated heterocycles. The smallest absolute Gasteiger partial charge is 0.421 e. The molecule has 0 radical (unpaired) electrons. The number of pyridine rings is 1. The summed E-state index contributed by atoms with van der Waals surface area (Å²) in [4.78, 5) is 24.8. The van der Waals surface area contributed by atoms with Crippen molar-refractivity contribution in [1.29, 1.82) is 0 Å². The van der Waals surface area contributed by atoms with Crippen LogP contribution in [0.3, 0.4) is 0 Å². The first kappa shape index (κ1) is 18.2. The van der Waals surface area contributed by atoms with Crippen LogP contribution in [0.2, 0.25) is 0 Å². The number of methoxy groups -OCH3 is 1. The maximum absolute atomic E-state index is 13.2. The Labute approximate surface area is 139 Å². The Morgan fingerprint density at radius 1 is 1.28 bits per heavy atom. The van der Waals surface area contributed by atoms with Crippen LogP contribution in [0.15, 0.2) is 36.4 Å². The SMILES string of the molecule is COC(=O)c1nc(OCc2ccccc2)c(C(F)(F)F)cc1[N+](=O)[O-]. The number of nitrogens with zero attached hydrogens (tertiary/aromatic N) is 2. The lowest BCUT2D eigenvalue weighted by atomic mass is 10.2. The van der Waals surface area contributed by atoms with E-state index in [1.165, 1.54) is 0 Å². The van der Waals surface area contributed by atoms with Gasteiger partial charge in [0.1, 0.15) is 12.2 Å². The highest BCUT2D eigenvalue weighted by Crippen LogP contribution is 2.38. The third-order valence-corrected chi connectivity index (χ3v) is 3.07. The number of alkyl halides is 3. The number of nitro groups is 1. The molecule has 132 valence electrons. The monoisotopic (exact) mass is 356 g/mol. The van der Waals surface area contributed by atoms with Crippen molar-refractivity contribution in [3.63, 3.8) is 0 Å². The zero-order valence-corrected chi connectivity index (χ0v) is 12.7. The first-order chi connectivity index (χ1) is 11.7. The zero-order valence-electron chi connectivity index (χ0n) is 12.7. The number of carbonyl (C=O) groups excluding carboxylic acids is 1. The zero-order chi connectivity index (χ0) is 18.6. The number of ether oxygens (including phenoxy) is 2. The van der Waals surface area contributed by atoms with Crippen molar-refractivity contribution in [2.75, 3.05) is 7.11 Å². The lowest BCUT2D eigenvalue weighted by molar-refractivity contribution is -0.385. The molecule has 0 fully saturated rings. The van der Waals surface area contributed by atoms with Gasteiger partial charge in [0.2, 0.25) is 11.6 Å². The Balaban J connectivity index is 2.51. The van der Waals surface area contributed by atoms with Crippen molar-refractivity contribution < 1.29 is 32.4 Å². The van der Waals surface area contributed by atoms with E-state index in [0.29, 0.717) is 5.56 Å². The topological polar surface area (TPSA) is 91.6 Å². The number of hydrogen-bond donors (Lipinski definition) is 0. The molecule has 7 nitrogen and oxygen atoms in total. The molecule has 0 unspecified atom stereocenters. The summed E-state index contributed by atoms with van der Waals surface area (Å²) in [6, 6.07) is 8.46. The number of carbonyl (C=O) groups is 1. The Kier molecular flexibility index (Phi) is 5.20. The Bertz CT molecular complexity index is 794. The maximum atomic E-state index is 13.2. The van der Waals surface area contributed by atoms with E-state index < -0.39 is 39.9 Å². The van der Waals surface area contributed by atoms with Gasteiger partial charge in [-0.05, 0) is 5.56 Å². The van der Waals surface area contributed by atoms with Gasteiger partial charge < -0.3 is 9.47 Å². The molecule has 1 heterocycles. The average molecular weight is 356 g/mol. The van der Waals surface area contributed by atoms with E-state index in [1.54, 1.807) is 30.3 Å². The molecule has 0 N–H and O–H groups in total. The highest BCUT2D eigenvalue weighted by atomic mass is 19.4. The van der Waals surface area contributed by atoms with Gasteiger partial charge in [-0.2, -0.15) is 18.2 Å². The van der Waals surface area contributed by atoms with Crippen molar-refractivity contribution in [2.24, 2.45) is 0 Å². The van der Waals surface area contributed by atoms with Crippen LogP contribution in [0.4, 0.5) is 18.9 Å². The quantitative estimate of drug-likeness (QED) is 0.463. The van der Waals surface area contributed by atoms with Crippen molar-refractivity contribution in [3.8, 4) is 5.88 Å². The third kappa shape index (κ3) is 4.22. The summed E-state index contributed by atoms with van der Waals surface area (Å²) in [5.74, 6) is -2.19. The molecule has 1 aromatic heterocycles. The van der Waals surface area contributed by atoms with E-state index in [4.69, 9.17) is 4.74 Å². The Morgan fingerprint density at radius 2 is 1.92 bits per heavy atom. The minimum Gasteiger partial charge on any atom is -0.472 e. The van der Waals surface area contributed by atoms with E-state index in [0.717, 1.165) is 7.11 Å². The van der Waals surface area contributed by atoms with Crippen LogP contribution in [0.5, 0.6) is 5.88 Å². The molecule has 2 aromatic rings. The number of aromatic nitrogens is 1. The van der Waals surface area contributed by atoms with Crippen LogP contribution in [0.25, 0.3) is 0 Å². The van der Waals surface area contributed by atoms with Gasteiger partial charge in [0.05, 0.1) is 12.0 Å². The lowest BCUT2D eigenvalue weighted by Gasteiger charge is -2.14. The molecule has 10 heteroatoms. The van der Waals surface area contributed by atoms with E-state index >= 15 is 0 Å². The molecular weight excluding hydrogens is 345 g/mol. The van der Waals surface area contributed by atoms with Crippen LogP contribution >= 0.6 is 0 Å². The Hall–Kier alpha value is -3.17. The van der Waals surface area contributed by atoms with Gasteiger partial charge in [0.15, 0.2) is 0 Å². The second-order valence-electron chi connectivity index (χ2n) is 4.73. The van der Waals surface area contributed by atoms with Crippen molar-refractivity contribution in [2.45, 2.75) is 12.8 Å². The summed E-state index contributed by atoms with van der Waals surface area (Å²) in [6.45, 7) is -0.269. The summed E-state index contributed by atoms with van der Waals surface area (Å²) in [7, 11) is 0.926. The summed E-state index contributed by atoms with van der Waals surface area (Å²) in [5, 5.41) is 11.0. The largest absolute Gasteiger partial charge is 0.472 e. The van der Waals surface area contributed by atoms with Gasteiger partial charge in [-0.15, -0.1) is 0 Å². The maximum Gasteiger partial charge on any atom is 0.421 e. The average Bonchev–Trinajstić information content (AvgIpc) is 2.58. The molecule has 0 amide bonds. The minimum atomic E-state index is -4.96. The van der Waals surface area contributed by atoms with E-state index in [1.807, 2.05) is 0 Å². The fraction of sp³-hybridized carbons (Fsp3) is 0.200. The summed E-state index contributed by atoms with van der Waals surface area (Å²) < 4.78 is 48.9. The lowest BCUT2D eigenvalue weighted by Crippen LogP contribution is -2.16.